The Bertz CT molecular complexity index is 1010. The maximum Gasteiger partial charge on any atom is 0.307 e. The molecule has 29 heavy (non-hydrogen) atoms. The molecule has 150 valence electrons. The van der Waals surface area contributed by atoms with E-state index in [0.29, 0.717) is 21.9 Å². The Morgan fingerprint density at radius 3 is 2.59 bits per heavy atom. The summed E-state index contributed by atoms with van der Waals surface area (Å²) in [5, 5.41) is 18.9. The van der Waals surface area contributed by atoms with Crippen molar-refractivity contribution in [3.05, 3.63) is 88.4 Å². The lowest BCUT2D eigenvalue weighted by atomic mass is 9.98. The van der Waals surface area contributed by atoms with Crippen molar-refractivity contribution in [2.75, 3.05) is 6.61 Å². The zero-order chi connectivity index (χ0) is 20.8. The number of aliphatic hydroxyl groups is 1. The van der Waals surface area contributed by atoms with Gasteiger partial charge in [-0.15, -0.1) is 0 Å². The summed E-state index contributed by atoms with van der Waals surface area (Å²) in [5.41, 5.74) is 9.90. The highest BCUT2D eigenvalue weighted by Crippen LogP contribution is 2.33. The molecule has 0 bridgehead atoms. The summed E-state index contributed by atoms with van der Waals surface area (Å²) in [6.07, 6.45) is -0.0935. The number of halogens is 1. The second-order valence-corrected chi connectivity index (χ2v) is 7.04. The average Bonchev–Trinajstić information content (AvgIpc) is 2.72. The van der Waals surface area contributed by atoms with Crippen LogP contribution in [0.15, 0.2) is 66.7 Å². The number of para-hydroxylation sites is 1. The van der Waals surface area contributed by atoms with Gasteiger partial charge in [0, 0.05) is 11.1 Å². The summed E-state index contributed by atoms with van der Waals surface area (Å²) in [7, 11) is 0. The summed E-state index contributed by atoms with van der Waals surface area (Å²) in [6, 6.07) is 19.9. The van der Waals surface area contributed by atoms with Gasteiger partial charge in [-0.25, -0.2) is 0 Å². The fourth-order valence-electron chi connectivity index (χ4n) is 3.10. The third-order valence-corrected chi connectivity index (χ3v) is 4.99. The average molecular weight is 412 g/mol. The predicted octanol–water partition coefficient (Wildman–Crippen LogP) is 4.21. The van der Waals surface area contributed by atoms with Crippen LogP contribution in [-0.2, 0) is 17.8 Å². The molecule has 1 unspecified atom stereocenters. The Morgan fingerprint density at radius 1 is 1.07 bits per heavy atom. The van der Waals surface area contributed by atoms with Gasteiger partial charge in [-0.3, -0.25) is 4.79 Å². The molecular weight excluding hydrogens is 390 g/mol. The number of aliphatic hydroxyl groups excluding tert-OH is 1. The molecule has 0 heterocycles. The van der Waals surface area contributed by atoms with Crippen molar-refractivity contribution in [1.82, 2.24) is 0 Å². The third kappa shape index (κ3) is 5.15. The minimum atomic E-state index is -0.904. The molecular formula is C23H22ClNO4. The number of hydrogen-bond acceptors (Lipinski definition) is 4. The van der Waals surface area contributed by atoms with Crippen LogP contribution in [0.1, 0.15) is 22.7 Å². The Labute approximate surface area is 174 Å². The molecule has 3 rings (SSSR count). The maximum atomic E-state index is 11.0. The van der Waals surface area contributed by atoms with E-state index in [1.54, 1.807) is 24.3 Å². The number of hydrogen-bond donors (Lipinski definition) is 3. The number of ether oxygens (including phenoxy) is 1. The SMILES string of the molecule is NC(CO)c1cccc(-c2cccc(COc3ccccc3CC(=O)O)c2)c1Cl. The fourth-order valence-corrected chi connectivity index (χ4v) is 3.48. The van der Waals surface area contributed by atoms with Crippen LogP contribution in [-0.4, -0.2) is 22.8 Å². The van der Waals surface area contributed by atoms with Crippen LogP contribution in [0.4, 0.5) is 0 Å². The second kappa shape index (κ2) is 9.56. The zero-order valence-electron chi connectivity index (χ0n) is 15.7. The van der Waals surface area contributed by atoms with Gasteiger partial charge in [0.2, 0.25) is 0 Å². The van der Waals surface area contributed by atoms with E-state index in [2.05, 4.69) is 0 Å². The number of aliphatic carboxylic acids is 1. The molecule has 4 N–H and O–H groups in total. The van der Waals surface area contributed by atoms with E-state index in [-0.39, 0.29) is 19.6 Å². The van der Waals surface area contributed by atoms with E-state index < -0.39 is 12.0 Å². The number of benzene rings is 3. The molecule has 0 aromatic heterocycles. The Hall–Kier alpha value is -2.86. The zero-order valence-corrected chi connectivity index (χ0v) is 16.5. The molecule has 0 spiro atoms. The number of rotatable bonds is 8. The molecule has 0 amide bonds. The molecule has 0 fully saturated rings. The van der Waals surface area contributed by atoms with Crippen LogP contribution in [0.2, 0.25) is 5.02 Å². The van der Waals surface area contributed by atoms with Crippen molar-refractivity contribution in [2.45, 2.75) is 19.1 Å². The summed E-state index contributed by atoms with van der Waals surface area (Å²) in [5.74, 6) is -0.354. The molecule has 3 aromatic rings. The minimum Gasteiger partial charge on any atom is -0.489 e. The Morgan fingerprint density at radius 2 is 1.83 bits per heavy atom. The summed E-state index contributed by atoms with van der Waals surface area (Å²) < 4.78 is 5.88. The molecule has 0 saturated heterocycles. The lowest BCUT2D eigenvalue weighted by Gasteiger charge is -2.15. The largest absolute Gasteiger partial charge is 0.489 e. The van der Waals surface area contributed by atoms with Gasteiger partial charge in [0.25, 0.3) is 0 Å². The molecule has 0 radical (unpaired) electrons. The van der Waals surface area contributed by atoms with Gasteiger partial charge in [-0.1, -0.05) is 66.2 Å². The van der Waals surface area contributed by atoms with Crippen LogP contribution in [0.25, 0.3) is 11.1 Å². The molecule has 6 heteroatoms. The first kappa shape index (κ1) is 20.9. The molecule has 1 atom stereocenters. The number of carbonyl (C=O) groups is 1. The van der Waals surface area contributed by atoms with Crippen molar-refractivity contribution in [3.63, 3.8) is 0 Å². The van der Waals surface area contributed by atoms with Gasteiger partial charge < -0.3 is 20.7 Å². The van der Waals surface area contributed by atoms with E-state index in [1.807, 2.05) is 42.5 Å². The summed E-state index contributed by atoms with van der Waals surface area (Å²) in [4.78, 5) is 11.0. The van der Waals surface area contributed by atoms with Gasteiger partial charge in [0.1, 0.15) is 12.4 Å². The first-order valence-electron chi connectivity index (χ1n) is 9.16. The normalized spacial score (nSPS) is 11.8. The highest BCUT2D eigenvalue weighted by molar-refractivity contribution is 6.34. The lowest BCUT2D eigenvalue weighted by Crippen LogP contribution is -2.15. The van der Waals surface area contributed by atoms with E-state index in [0.717, 1.165) is 16.7 Å². The second-order valence-electron chi connectivity index (χ2n) is 6.67. The highest BCUT2D eigenvalue weighted by atomic mass is 35.5. The minimum absolute atomic E-state index is 0.0935. The first-order chi connectivity index (χ1) is 14.0. The van der Waals surface area contributed by atoms with Gasteiger partial charge in [0.15, 0.2) is 0 Å². The molecule has 5 nitrogen and oxygen atoms in total. The quantitative estimate of drug-likeness (QED) is 0.516. The maximum absolute atomic E-state index is 11.0. The number of carboxylic acid groups (broad SMARTS) is 1. The monoisotopic (exact) mass is 411 g/mol. The van der Waals surface area contributed by atoms with Gasteiger partial charge in [-0.2, -0.15) is 0 Å². The molecule has 0 aliphatic carbocycles. The van der Waals surface area contributed by atoms with Crippen molar-refractivity contribution >= 4 is 17.6 Å². The third-order valence-electron chi connectivity index (χ3n) is 4.57. The van der Waals surface area contributed by atoms with Crippen LogP contribution in [0.5, 0.6) is 5.75 Å². The fraction of sp³-hybridized carbons (Fsp3) is 0.174. The van der Waals surface area contributed by atoms with Crippen LogP contribution < -0.4 is 10.5 Å². The van der Waals surface area contributed by atoms with E-state index in [4.69, 9.17) is 27.2 Å². The van der Waals surface area contributed by atoms with Crippen molar-refractivity contribution in [1.29, 1.82) is 0 Å². The van der Waals surface area contributed by atoms with Gasteiger partial charge in [0.05, 0.1) is 24.1 Å². The van der Waals surface area contributed by atoms with Crippen LogP contribution in [0.3, 0.4) is 0 Å². The Kier molecular flexibility index (Phi) is 6.88. The van der Waals surface area contributed by atoms with Crippen LogP contribution >= 0.6 is 11.6 Å². The molecule has 0 saturated carbocycles. The van der Waals surface area contributed by atoms with E-state index in [9.17, 15) is 9.90 Å². The summed E-state index contributed by atoms with van der Waals surface area (Å²) >= 11 is 6.53. The van der Waals surface area contributed by atoms with Gasteiger partial charge >= 0.3 is 5.97 Å². The Balaban J connectivity index is 1.82. The van der Waals surface area contributed by atoms with Crippen molar-refractivity contribution in [3.8, 4) is 16.9 Å². The van der Waals surface area contributed by atoms with Crippen molar-refractivity contribution < 1.29 is 19.7 Å². The van der Waals surface area contributed by atoms with Gasteiger partial charge in [-0.05, 0) is 28.8 Å². The van der Waals surface area contributed by atoms with Crippen molar-refractivity contribution in [2.24, 2.45) is 5.73 Å². The van der Waals surface area contributed by atoms with E-state index >= 15 is 0 Å². The highest BCUT2D eigenvalue weighted by Gasteiger charge is 2.14. The lowest BCUT2D eigenvalue weighted by molar-refractivity contribution is -0.136. The number of carboxylic acids is 1. The summed E-state index contributed by atoms with van der Waals surface area (Å²) in [6.45, 7) is 0.102. The number of nitrogens with two attached hydrogens (primary N) is 1. The predicted molar refractivity (Wildman–Crippen MR) is 113 cm³/mol. The molecule has 0 aliphatic heterocycles. The molecule has 3 aromatic carbocycles. The molecule has 0 aliphatic rings. The smallest absolute Gasteiger partial charge is 0.307 e. The standard InChI is InChI=1S/C23H22ClNO4/c24-23-18(8-4-9-19(23)20(25)13-26)16-7-3-5-15(11-16)14-29-21-10-2-1-6-17(21)12-22(27)28/h1-11,20,26H,12-14,25H2,(H,27,28). The van der Waals surface area contributed by atoms with E-state index in [1.165, 1.54) is 0 Å². The van der Waals surface area contributed by atoms with Crippen LogP contribution in [0, 0.1) is 0 Å². The topological polar surface area (TPSA) is 92.8 Å². The first-order valence-corrected chi connectivity index (χ1v) is 9.54.